The smallest absolute Gasteiger partial charge is 0.339 e. The van der Waals surface area contributed by atoms with Crippen molar-refractivity contribution in [2.75, 3.05) is 6.61 Å². The second kappa shape index (κ2) is 9.65. The lowest BCUT2D eigenvalue weighted by Gasteiger charge is -2.11. The molecule has 33 heavy (non-hydrogen) atoms. The summed E-state index contributed by atoms with van der Waals surface area (Å²) >= 11 is 0. The van der Waals surface area contributed by atoms with Gasteiger partial charge in [-0.2, -0.15) is 5.10 Å². The van der Waals surface area contributed by atoms with Crippen molar-refractivity contribution in [3.05, 3.63) is 83.6 Å². The number of aromatic nitrogens is 3. The van der Waals surface area contributed by atoms with Crippen LogP contribution in [0.15, 0.2) is 66.9 Å². The number of carbonyl (C=O) groups is 2. The van der Waals surface area contributed by atoms with E-state index in [-0.39, 0.29) is 18.6 Å². The second-order valence-corrected chi connectivity index (χ2v) is 8.18. The van der Waals surface area contributed by atoms with E-state index in [9.17, 15) is 9.59 Å². The fourth-order valence-electron chi connectivity index (χ4n) is 3.49. The molecule has 0 bridgehead atoms. The van der Waals surface area contributed by atoms with Crippen LogP contribution in [0, 0.1) is 6.92 Å². The molecule has 0 aliphatic heterocycles. The second-order valence-electron chi connectivity index (χ2n) is 8.18. The van der Waals surface area contributed by atoms with Crippen molar-refractivity contribution in [2.24, 2.45) is 0 Å². The van der Waals surface area contributed by atoms with Gasteiger partial charge >= 0.3 is 5.97 Å². The lowest BCUT2D eigenvalue weighted by Crippen LogP contribution is -2.28. The number of aryl methyl sites for hydroxylation is 1. The third-order valence-corrected chi connectivity index (χ3v) is 5.29. The van der Waals surface area contributed by atoms with Gasteiger partial charge in [-0.25, -0.2) is 14.5 Å². The minimum atomic E-state index is -0.589. The lowest BCUT2D eigenvalue weighted by atomic mass is 10.1. The van der Waals surface area contributed by atoms with E-state index in [2.05, 4.69) is 10.4 Å². The van der Waals surface area contributed by atoms with E-state index < -0.39 is 5.97 Å². The SMILES string of the molecule is Cc1ccc(CNC(=O)COC(=O)c2cc(-c3ccccc3)nc3c2cnn3C(C)C)cc1. The van der Waals surface area contributed by atoms with Gasteiger partial charge in [-0.1, -0.05) is 60.2 Å². The Morgan fingerprint density at radius 1 is 1.06 bits per heavy atom. The molecule has 0 aliphatic carbocycles. The third-order valence-electron chi connectivity index (χ3n) is 5.29. The fourth-order valence-corrected chi connectivity index (χ4v) is 3.49. The van der Waals surface area contributed by atoms with E-state index in [4.69, 9.17) is 9.72 Å². The molecule has 2 aromatic heterocycles. The molecule has 0 unspecified atom stereocenters. The number of amides is 1. The van der Waals surface area contributed by atoms with Crippen LogP contribution in [-0.2, 0) is 16.1 Å². The maximum atomic E-state index is 13.0. The molecule has 2 aromatic carbocycles. The molecule has 4 aromatic rings. The van der Waals surface area contributed by atoms with Crippen molar-refractivity contribution in [1.82, 2.24) is 20.1 Å². The Hall–Kier alpha value is -4.00. The molecule has 0 saturated carbocycles. The number of hydrogen-bond acceptors (Lipinski definition) is 5. The van der Waals surface area contributed by atoms with Gasteiger partial charge in [-0.15, -0.1) is 0 Å². The van der Waals surface area contributed by atoms with Crippen LogP contribution in [0.1, 0.15) is 41.4 Å². The zero-order chi connectivity index (χ0) is 23.4. The molecule has 0 spiro atoms. The summed E-state index contributed by atoms with van der Waals surface area (Å²) in [7, 11) is 0. The molecule has 0 fully saturated rings. The summed E-state index contributed by atoms with van der Waals surface area (Å²) in [6.07, 6.45) is 1.62. The highest BCUT2D eigenvalue weighted by molar-refractivity contribution is 6.04. The molecule has 1 amide bonds. The standard InChI is InChI=1S/C26H26N4O3/c1-17(2)30-25-22(15-28-30)21(13-23(29-25)20-7-5-4-6-8-20)26(32)33-16-24(31)27-14-19-11-9-18(3)10-12-19/h4-13,15,17H,14,16H2,1-3H3,(H,27,31). The van der Waals surface area contributed by atoms with Crippen LogP contribution < -0.4 is 5.32 Å². The number of pyridine rings is 1. The number of ether oxygens (including phenoxy) is 1. The minimum Gasteiger partial charge on any atom is -0.452 e. The van der Waals surface area contributed by atoms with Crippen molar-refractivity contribution in [3.8, 4) is 11.3 Å². The molecular formula is C26H26N4O3. The summed E-state index contributed by atoms with van der Waals surface area (Å²) in [6.45, 7) is 6.01. The summed E-state index contributed by atoms with van der Waals surface area (Å²) in [5.74, 6) is -0.955. The van der Waals surface area contributed by atoms with Gasteiger partial charge in [0.2, 0.25) is 0 Å². The van der Waals surface area contributed by atoms with E-state index in [0.29, 0.717) is 28.8 Å². The highest BCUT2D eigenvalue weighted by atomic mass is 16.5. The van der Waals surface area contributed by atoms with Gasteiger partial charge in [-0.3, -0.25) is 4.79 Å². The topological polar surface area (TPSA) is 86.1 Å². The predicted octanol–water partition coefficient (Wildman–Crippen LogP) is 4.46. The molecule has 0 atom stereocenters. The molecule has 0 radical (unpaired) electrons. The van der Waals surface area contributed by atoms with Crippen LogP contribution in [0.4, 0.5) is 0 Å². The van der Waals surface area contributed by atoms with Crippen LogP contribution in [0.3, 0.4) is 0 Å². The van der Waals surface area contributed by atoms with Crippen LogP contribution in [0.5, 0.6) is 0 Å². The molecule has 0 saturated heterocycles. The van der Waals surface area contributed by atoms with Crippen molar-refractivity contribution in [2.45, 2.75) is 33.4 Å². The zero-order valence-corrected chi connectivity index (χ0v) is 18.9. The average Bonchev–Trinajstić information content (AvgIpc) is 3.26. The summed E-state index contributed by atoms with van der Waals surface area (Å²) in [4.78, 5) is 30.0. The Labute approximate surface area is 192 Å². The molecule has 4 rings (SSSR count). The Bertz CT molecular complexity index is 1280. The van der Waals surface area contributed by atoms with Gasteiger partial charge in [0.1, 0.15) is 0 Å². The number of hydrogen-bond donors (Lipinski definition) is 1. The normalized spacial score (nSPS) is 11.0. The quantitative estimate of drug-likeness (QED) is 0.427. The molecule has 7 heteroatoms. The van der Waals surface area contributed by atoms with Crippen molar-refractivity contribution in [1.29, 1.82) is 0 Å². The maximum absolute atomic E-state index is 13.0. The molecule has 168 valence electrons. The van der Waals surface area contributed by atoms with E-state index in [0.717, 1.165) is 16.7 Å². The van der Waals surface area contributed by atoms with E-state index in [1.807, 2.05) is 75.4 Å². The Balaban J connectivity index is 1.53. The van der Waals surface area contributed by atoms with Gasteiger partial charge in [-0.05, 0) is 32.4 Å². The number of fused-ring (bicyclic) bond motifs is 1. The molecule has 1 N–H and O–H groups in total. The number of carbonyl (C=O) groups excluding carboxylic acids is 2. The summed E-state index contributed by atoms with van der Waals surface area (Å²) < 4.78 is 7.12. The summed E-state index contributed by atoms with van der Waals surface area (Å²) in [5, 5.41) is 7.77. The van der Waals surface area contributed by atoms with E-state index in [1.165, 1.54) is 0 Å². The van der Waals surface area contributed by atoms with Crippen molar-refractivity contribution >= 4 is 22.9 Å². The third kappa shape index (κ3) is 5.09. The Morgan fingerprint density at radius 2 is 1.79 bits per heavy atom. The number of nitrogens with one attached hydrogen (secondary N) is 1. The first kappa shape index (κ1) is 22.2. The number of esters is 1. The van der Waals surface area contributed by atoms with Crippen LogP contribution in [0.25, 0.3) is 22.3 Å². The minimum absolute atomic E-state index is 0.0671. The molecule has 2 heterocycles. The average molecular weight is 443 g/mol. The maximum Gasteiger partial charge on any atom is 0.339 e. The first-order valence-electron chi connectivity index (χ1n) is 10.9. The fraction of sp³-hybridized carbons (Fsp3) is 0.231. The summed E-state index contributed by atoms with van der Waals surface area (Å²) in [5.41, 5.74) is 4.57. The molecular weight excluding hydrogens is 416 g/mol. The van der Waals surface area contributed by atoms with Gasteiger partial charge in [0.15, 0.2) is 12.3 Å². The van der Waals surface area contributed by atoms with Gasteiger partial charge < -0.3 is 10.1 Å². The lowest BCUT2D eigenvalue weighted by molar-refractivity contribution is -0.124. The van der Waals surface area contributed by atoms with Gasteiger partial charge in [0, 0.05) is 18.2 Å². The van der Waals surface area contributed by atoms with Crippen LogP contribution in [0.2, 0.25) is 0 Å². The van der Waals surface area contributed by atoms with Crippen LogP contribution in [-0.4, -0.2) is 33.2 Å². The number of benzene rings is 2. The number of rotatable bonds is 7. The first-order chi connectivity index (χ1) is 15.9. The van der Waals surface area contributed by atoms with Gasteiger partial charge in [0.05, 0.1) is 22.8 Å². The Kier molecular flexibility index (Phi) is 6.49. The first-order valence-corrected chi connectivity index (χ1v) is 10.9. The van der Waals surface area contributed by atoms with E-state index >= 15 is 0 Å². The molecule has 0 aliphatic rings. The van der Waals surface area contributed by atoms with E-state index in [1.54, 1.807) is 16.9 Å². The van der Waals surface area contributed by atoms with Gasteiger partial charge in [0.25, 0.3) is 5.91 Å². The largest absolute Gasteiger partial charge is 0.452 e. The van der Waals surface area contributed by atoms with Crippen molar-refractivity contribution in [3.63, 3.8) is 0 Å². The number of nitrogens with zero attached hydrogens (tertiary/aromatic N) is 3. The predicted molar refractivity (Wildman–Crippen MR) is 127 cm³/mol. The monoisotopic (exact) mass is 442 g/mol. The highest BCUT2D eigenvalue weighted by Gasteiger charge is 2.20. The van der Waals surface area contributed by atoms with Crippen LogP contribution >= 0.6 is 0 Å². The summed E-state index contributed by atoms with van der Waals surface area (Å²) in [6, 6.07) is 19.2. The Morgan fingerprint density at radius 3 is 2.48 bits per heavy atom. The van der Waals surface area contributed by atoms with Crippen molar-refractivity contribution < 1.29 is 14.3 Å². The highest BCUT2D eigenvalue weighted by Crippen LogP contribution is 2.26. The zero-order valence-electron chi connectivity index (χ0n) is 18.9. The molecule has 7 nitrogen and oxygen atoms in total.